The van der Waals surface area contributed by atoms with E-state index in [2.05, 4.69) is 0 Å². The van der Waals surface area contributed by atoms with E-state index in [4.69, 9.17) is 4.74 Å². The van der Waals surface area contributed by atoms with Crippen LogP contribution >= 0.6 is 0 Å². The Morgan fingerprint density at radius 2 is 1.84 bits per heavy atom. The lowest BCUT2D eigenvalue weighted by molar-refractivity contribution is -0.148. The molecule has 1 aromatic carbocycles. The Balaban J connectivity index is 2.03. The molecular formula is C14H17F3O2. The maximum atomic E-state index is 12.4. The number of alkyl halides is 3. The molecule has 1 unspecified atom stereocenters. The Morgan fingerprint density at radius 1 is 1.26 bits per heavy atom. The van der Waals surface area contributed by atoms with E-state index in [1.165, 1.54) is 12.1 Å². The van der Waals surface area contributed by atoms with Crippen LogP contribution in [0.2, 0.25) is 0 Å². The van der Waals surface area contributed by atoms with Gasteiger partial charge in [-0.3, -0.25) is 0 Å². The van der Waals surface area contributed by atoms with Gasteiger partial charge in [-0.25, -0.2) is 0 Å². The Hall–Kier alpha value is -1.07. The minimum absolute atomic E-state index is 0.311. The van der Waals surface area contributed by atoms with E-state index in [0.29, 0.717) is 12.0 Å². The molecule has 0 heterocycles. The fraction of sp³-hybridized carbons (Fsp3) is 0.571. The SMILES string of the molecule is COC1(C(O)Cc2ccc(C(F)(F)F)cc2)CCC1. The summed E-state index contributed by atoms with van der Waals surface area (Å²) < 4.78 is 42.6. The Morgan fingerprint density at radius 3 is 2.21 bits per heavy atom. The predicted molar refractivity (Wildman–Crippen MR) is 64.7 cm³/mol. The van der Waals surface area contributed by atoms with Crippen LogP contribution in [-0.2, 0) is 17.3 Å². The highest BCUT2D eigenvalue weighted by atomic mass is 19.4. The lowest BCUT2D eigenvalue weighted by atomic mass is 9.74. The molecule has 19 heavy (non-hydrogen) atoms. The molecule has 0 spiro atoms. The smallest absolute Gasteiger partial charge is 0.390 e. The maximum Gasteiger partial charge on any atom is 0.416 e. The van der Waals surface area contributed by atoms with E-state index < -0.39 is 23.4 Å². The average molecular weight is 274 g/mol. The van der Waals surface area contributed by atoms with Crippen LogP contribution in [0.3, 0.4) is 0 Å². The van der Waals surface area contributed by atoms with E-state index in [0.717, 1.165) is 31.4 Å². The third-order valence-corrected chi connectivity index (χ3v) is 3.92. The number of hydrogen-bond donors (Lipinski definition) is 1. The molecule has 0 radical (unpaired) electrons. The van der Waals surface area contributed by atoms with Crippen molar-refractivity contribution in [3.8, 4) is 0 Å². The molecule has 1 N–H and O–H groups in total. The minimum Gasteiger partial charge on any atom is -0.390 e. The van der Waals surface area contributed by atoms with Gasteiger partial charge < -0.3 is 9.84 Å². The molecule has 0 aromatic heterocycles. The molecule has 5 heteroatoms. The van der Waals surface area contributed by atoms with E-state index in [9.17, 15) is 18.3 Å². The van der Waals surface area contributed by atoms with Crippen LogP contribution in [0.25, 0.3) is 0 Å². The molecular weight excluding hydrogens is 257 g/mol. The highest BCUT2D eigenvalue weighted by Gasteiger charge is 2.43. The summed E-state index contributed by atoms with van der Waals surface area (Å²) in [6.07, 6.45) is -2.08. The van der Waals surface area contributed by atoms with Crippen LogP contribution in [0.4, 0.5) is 13.2 Å². The third-order valence-electron chi connectivity index (χ3n) is 3.92. The second kappa shape index (κ2) is 5.13. The number of aliphatic hydroxyl groups excluding tert-OH is 1. The van der Waals surface area contributed by atoms with E-state index in [-0.39, 0.29) is 0 Å². The number of benzene rings is 1. The van der Waals surface area contributed by atoms with E-state index >= 15 is 0 Å². The maximum absolute atomic E-state index is 12.4. The van der Waals surface area contributed by atoms with Crippen LogP contribution in [0, 0.1) is 0 Å². The lowest BCUT2D eigenvalue weighted by Crippen LogP contribution is -2.50. The standard InChI is InChI=1S/C14H17F3O2/c1-19-13(7-2-8-13)12(18)9-10-3-5-11(6-4-10)14(15,16)17/h3-6,12,18H,2,7-9H2,1H3. The van der Waals surface area contributed by atoms with Crippen molar-refractivity contribution < 1.29 is 23.0 Å². The molecule has 1 aliphatic carbocycles. The first-order chi connectivity index (χ1) is 8.87. The third kappa shape index (κ3) is 2.92. The van der Waals surface area contributed by atoms with Gasteiger partial charge in [-0.15, -0.1) is 0 Å². The zero-order valence-electron chi connectivity index (χ0n) is 10.7. The number of rotatable bonds is 4. The van der Waals surface area contributed by atoms with Crippen LogP contribution < -0.4 is 0 Å². The molecule has 1 fully saturated rings. The molecule has 0 aliphatic heterocycles. The number of ether oxygens (including phenoxy) is 1. The van der Waals surface area contributed by atoms with Crippen LogP contribution in [0.1, 0.15) is 30.4 Å². The van der Waals surface area contributed by atoms with E-state index in [1.54, 1.807) is 7.11 Å². The monoisotopic (exact) mass is 274 g/mol. The second-order valence-electron chi connectivity index (χ2n) is 5.04. The van der Waals surface area contributed by atoms with Crippen molar-refractivity contribution in [1.82, 2.24) is 0 Å². The molecule has 2 nitrogen and oxygen atoms in total. The van der Waals surface area contributed by atoms with Gasteiger partial charge in [0.1, 0.15) is 0 Å². The summed E-state index contributed by atoms with van der Waals surface area (Å²) in [5.74, 6) is 0. The molecule has 2 rings (SSSR count). The molecule has 0 amide bonds. The molecule has 0 saturated heterocycles. The summed E-state index contributed by atoms with van der Waals surface area (Å²) >= 11 is 0. The van der Waals surface area contributed by atoms with Gasteiger partial charge in [0.15, 0.2) is 0 Å². The first-order valence-corrected chi connectivity index (χ1v) is 6.27. The van der Waals surface area contributed by atoms with Gasteiger partial charge in [0.05, 0.1) is 17.3 Å². The van der Waals surface area contributed by atoms with Gasteiger partial charge in [-0.2, -0.15) is 13.2 Å². The van der Waals surface area contributed by atoms with Crippen molar-refractivity contribution in [1.29, 1.82) is 0 Å². The fourth-order valence-electron chi connectivity index (χ4n) is 2.44. The Kier molecular flexibility index (Phi) is 3.87. The first kappa shape index (κ1) is 14.3. The summed E-state index contributed by atoms with van der Waals surface area (Å²) in [5.41, 5.74) is -0.498. The first-order valence-electron chi connectivity index (χ1n) is 6.27. The molecule has 106 valence electrons. The van der Waals surface area contributed by atoms with Gasteiger partial charge in [-0.05, 0) is 37.0 Å². The predicted octanol–water partition coefficient (Wildman–Crippen LogP) is 3.18. The number of halogens is 3. The zero-order chi connectivity index (χ0) is 14.1. The van der Waals surface area contributed by atoms with Crippen molar-refractivity contribution in [2.24, 2.45) is 0 Å². The van der Waals surface area contributed by atoms with Crippen molar-refractivity contribution in [2.75, 3.05) is 7.11 Å². The second-order valence-corrected chi connectivity index (χ2v) is 5.04. The summed E-state index contributed by atoms with van der Waals surface area (Å²) in [6.45, 7) is 0. The zero-order valence-corrected chi connectivity index (χ0v) is 10.7. The highest BCUT2D eigenvalue weighted by Crippen LogP contribution is 2.39. The summed E-state index contributed by atoms with van der Waals surface area (Å²) in [5, 5.41) is 10.2. The van der Waals surface area contributed by atoms with Crippen molar-refractivity contribution in [3.05, 3.63) is 35.4 Å². The lowest BCUT2D eigenvalue weighted by Gasteiger charge is -2.44. The minimum atomic E-state index is -4.32. The van der Waals surface area contributed by atoms with Gasteiger partial charge in [-0.1, -0.05) is 12.1 Å². The normalized spacial score (nSPS) is 19.8. The van der Waals surface area contributed by atoms with Crippen molar-refractivity contribution in [2.45, 2.75) is 43.6 Å². The highest BCUT2D eigenvalue weighted by molar-refractivity contribution is 5.25. The molecule has 1 aromatic rings. The van der Waals surface area contributed by atoms with Gasteiger partial charge in [0.25, 0.3) is 0 Å². The average Bonchev–Trinajstić information content (AvgIpc) is 2.27. The fourth-order valence-corrected chi connectivity index (χ4v) is 2.44. The summed E-state index contributed by atoms with van der Waals surface area (Å²) in [6, 6.07) is 4.91. The number of hydrogen-bond acceptors (Lipinski definition) is 2. The van der Waals surface area contributed by atoms with E-state index in [1.807, 2.05) is 0 Å². The molecule has 1 aliphatic rings. The van der Waals surface area contributed by atoms with Gasteiger partial charge in [0.2, 0.25) is 0 Å². The van der Waals surface area contributed by atoms with Crippen LogP contribution in [0.5, 0.6) is 0 Å². The Bertz CT molecular complexity index is 416. The number of methoxy groups -OCH3 is 1. The quantitative estimate of drug-likeness (QED) is 0.913. The molecule has 1 saturated carbocycles. The van der Waals surface area contributed by atoms with Gasteiger partial charge in [0, 0.05) is 13.5 Å². The van der Waals surface area contributed by atoms with Gasteiger partial charge >= 0.3 is 6.18 Å². The van der Waals surface area contributed by atoms with Crippen molar-refractivity contribution >= 4 is 0 Å². The molecule has 0 bridgehead atoms. The number of aliphatic hydroxyl groups is 1. The largest absolute Gasteiger partial charge is 0.416 e. The van der Waals surface area contributed by atoms with Crippen LogP contribution in [-0.4, -0.2) is 23.9 Å². The topological polar surface area (TPSA) is 29.5 Å². The van der Waals surface area contributed by atoms with Crippen LogP contribution in [0.15, 0.2) is 24.3 Å². The Labute approximate surface area is 110 Å². The summed E-state index contributed by atoms with van der Waals surface area (Å²) in [7, 11) is 1.56. The molecule has 1 atom stereocenters. The summed E-state index contributed by atoms with van der Waals surface area (Å²) in [4.78, 5) is 0. The van der Waals surface area contributed by atoms with Crippen molar-refractivity contribution in [3.63, 3.8) is 0 Å².